The Morgan fingerprint density at radius 1 is 0.897 bits per heavy atom. The molecule has 0 aromatic rings. The maximum Gasteiger partial charge on any atom is 0.140 e. The zero-order chi connectivity index (χ0) is 19.3. The molecule has 29 heavy (non-hydrogen) atoms. The van der Waals surface area contributed by atoms with Gasteiger partial charge in [0.05, 0.1) is 18.2 Å². The molecule has 0 saturated carbocycles. The van der Waals surface area contributed by atoms with Crippen LogP contribution in [0.3, 0.4) is 0 Å². The highest BCUT2D eigenvalue weighted by atomic mass is 32.2. The number of ether oxygens (including phenoxy) is 2. The van der Waals surface area contributed by atoms with Crippen molar-refractivity contribution in [1.29, 1.82) is 0 Å². The van der Waals surface area contributed by atoms with Gasteiger partial charge in [0.2, 0.25) is 0 Å². The molecule has 7 nitrogen and oxygen atoms in total. The summed E-state index contributed by atoms with van der Waals surface area (Å²) in [5, 5.41) is 11.4. The van der Waals surface area contributed by atoms with E-state index >= 15 is 0 Å². The molecular formula is C21H37N5O2S. The second-order valence-corrected chi connectivity index (χ2v) is 10.8. The summed E-state index contributed by atoms with van der Waals surface area (Å²) in [6.07, 6.45) is 10.7. The van der Waals surface area contributed by atoms with Gasteiger partial charge < -0.3 is 9.47 Å². The first-order valence-corrected chi connectivity index (χ1v) is 13.1. The van der Waals surface area contributed by atoms with Crippen molar-refractivity contribution in [3.63, 3.8) is 0 Å². The van der Waals surface area contributed by atoms with Crippen LogP contribution >= 0.6 is 11.8 Å². The molecule has 6 heterocycles. The summed E-state index contributed by atoms with van der Waals surface area (Å²) in [6.45, 7) is 7.49. The van der Waals surface area contributed by atoms with E-state index < -0.39 is 0 Å². The standard InChI is InChI=1S/C21H37N5O2S/c1-2-11-23(10-1)26-17(18-8-14-27-18)16-24(25-12-5-9-22-25)21(26,19-6-3-13-28-19)20-7-4-15-29-20/h17-20,22H,1-16H2. The zero-order valence-electron chi connectivity index (χ0n) is 17.6. The topological polar surface area (TPSA) is 43.5 Å². The van der Waals surface area contributed by atoms with Crippen molar-refractivity contribution in [2.45, 2.75) is 80.5 Å². The average molecular weight is 424 g/mol. The van der Waals surface area contributed by atoms with Crippen LogP contribution in [0.1, 0.15) is 51.4 Å². The lowest BCUT2D eigenvalue weighted by molar-refractivity contribution is -0.246. The molecule has 6 saturated heterocycles. The largest absolute Gasteiger partial charge is 0.376 e. The molecule has 5 atom stereocenters. The number of rotatable bonds is 5. The first-order chi connectivity index (χ1) is 14.4. The van der Waals surface area contributed by atoms with Gasteiger partial charge in [-0.05, 0) is 57.1 Å². The van der Waals surface area contributed by atoms with Gasteiger partial charge in [0.1, 0.15) is 5.66 Å². The van der Waals surface area contributed by atoms with Crippen LogP contribution < -0.4 is 5.43 Å². The lowest BCUT2D eigenvalue weighted by Crippen LogP contribution is -2.74. The summed E-state index contributed by atoms with van der Waals surface area (Å²) in [6, 6.07) is 0.439. The molecule has 8 heteroatoms. The maximum absolute atomic E-state index is 6.59. The molecule has 6 aliphatic rings. The van der Waals surface area contributed by atoms with E-state index in [-0.39, 0.29) is 11.8 Å². The number of hydrazine groups is 3. The predicted octanol–water partition coefficient (Wildman–Crippen LogP) is 1.67. The van der Waals surface area contributed by atoms with E-state index in [1.165, 1.54) is 70.2 Å². The minimum absolute atomic E-state index is 0.0804. The van der Waals surface area contributed by atoms with Gasteiger partial charge in [-0.3, -0.25) is 0 Å². The smallest absolute Gasteiger partial charge is 0.140 e. The second kappa shape index (κ2) is 8.20. The summed E-state index contributed by atoms with van der Waals surface area (Å²) in [5.41, 5.74) is 3.63. The van der Waals surface area contributed by atoms with E-state index in [0.29, 0.717) is 17.4 Å². The summed E-state index contributed by atoms with van der Waals surface area (Å²) in [5.74, 6) is 1.29. The lowest BCUT2D eigenvalue weighted by Gasteiger charge is -2.55. The minimum Gasteiger partial charge on any atom is -0.376 e. The van der Waals surface area contributed by atoms with Crippen molar-refractivity contribution in [2.24, 2.45) is 0 Å². The third-order valence-electron chi connectivity index (χ3n) is 7.94. The van der Waals surface area contributed by atoms with Crippen molar-refractivity contribution in [3.8, 4) is 0 Å². The van der Waals surface area contributed by atoms with Crippen LogP contribution in [0.25, 0.3) is 0 Å². The van der Waals surface area contributed by atoms with Crippen LogP contribution in [0.5, 0.6) is 0 Å². The van der Waals surface area contributed by atoms with Crippen LogP contribution in [0, 0.1) is 0 Å². The van der Waals surface area contributed by atoms with E-state index in [1.54, 1.807) is 0 Å². The van der Waals surface area contributed by atoms with Gasteiger partial charge in [0.25, 0.3) is 0 Å². The van der Waals surface area contributed by atoms with Gasteiger partial charge in [-0.2, -0.15) is 16.9 Å². The molecule has 0 aromatic carbocycles. The summed E-state index contributed by atoms with van der Waals surface area (Å²) >= 11 is 2.20. The fraction of sp³-hybridized carbons (Fsp3) is 1.00. The quantitative estimate of drug-likeness (QED) is 0.716. The zero-order valence-corrected chi connectivity index (χ0v) is 18.5. The molecular weight excluding hydrogens is 386 g/mol. The molecule has 6 aliphatic heterocycles. The van der Waals surface area contributed by atoms with Crippen LogP contribution in [-0.2, 0) is 9.47 Å². The SMILES string of the molecule is C1COC(C2(C3CCCS3)N(N3CCCN3)CC(C3CCO3)N2N2CCCC2)C1. The molecule has 164 valence electrons. The molecule has 0 amide bonds. The van der Waals surface area contributed by atoms with E-state index in [2.05, 4.69) is 37.3 Å². The Morgan fingerprint density at radius 2 is 1.79 bits per heavy atom. The molecule has 6 rings (SSSR count). The van der Waals surface area contributed by atoms with Gasteiger partial charge in [-0.1, -0.05) is 0 Å². The van der Waals surface area contributed by atoms with Crippen molar-refractivity contribution in [1.82, 2.24) is 25.6 Å². The van der Waals surface area contributed by atoms with Gasteiger partial charge in [-0.25, -0.2) is 20.5 Å². The third-order valence-corrected chi connectivity index (χ3v) is 9.45. The second-order valence-electron chi connectivity index (χ2n) is 9.52. The van der Waals surface area contributed by atoms with E-state index in [4.69, 9.17) is 9.47 Å². The molecule has 0 bridgehead atoms. The van der Waals surface area contributed by atoms with Crippen LogP contribution in [0.4, 0.5) is 0 Å². The van der Waals surface area contributed by atoms with E-state index in [1.807, 2.05) is 0 Å². The normalized spacial score (nSPS) is 45.5. The van der Waals surface area contributed by atoms with Crippen LogP contribution in [-0.4, -0.2) is 101 Å². The Morgan fingerprint density at radius 3 is 2.41 bits per heavy atom. The number of hydrogen-bond acceptors (Lipinski definition) is 8. The highest BCUT2D eigenvalue weighted by Crippen LogP contribution is 2.52. The fourth-order valence-corrected chi connectivity index (χ4v) is 8.22. The van der Waals surface area contributed by atoms with Gasteiger partial charge in [-0.15, -0.1) is 0 Å². The Balaban J connectivity index is 1.46. The Kier molecular flexibility index (Phi) is 5.58. The molecule has 5 unspecified atom stereocenters. The first-order valence-electron chi connectivity index (χ1n) is 12.1. The summed E-state index contributed by atoms with van der Waals surface area (Å²) in [4.78, 5) is 0. The molecule has 0 aromatic heterocycles. The van der Waals surface area contributed by atoms with Gasteiger partial charge in [0.15, 0.2) is 0 Å². The Hall–Kier alpha value is 0.0700. The summed E-state index contributed by atoms with van der Waals surface area (Å²) < 4.78 is 12.7. The monoisotopic (exact) mass is 423 g/mol. The minimum atomic E-state index is -0.0804. The molecule has 6 fully saturated rings. The molecule has 0 spiro atoms. The van der Waals surface area contributed by atoms with Crippen molar-refractivity contribution in [2.75, 3.05) is 51.7 Å². The van der Waals surface area contributed by atoms with Crippen molar-refractivity contribution >= 4 is 11.8 Å². The summed E-state index contributed by atoms with van der Waals surface area (Å²) in [7, 11) is 0. The highest BCUT2D eigenvalue weighted by molar-refractivity contribution is 8.00. The average Bonchev–Trinajstić information content (AvgIpc) is 3.53. The maximum atomic E-state index is 6.59. The fourth-order valence-electron chi connectivity index (χ4n) is 6.64. The van der Waals surface area contributed by atoms with Crippen molar-refractivity contribution < 1.29 is 9.47 Å². The number of hydrogen-bond donors (Lipinski definition) is 1. The molecule has 0 aliphatic carbocycles. The van der Waals surface area contributed by atoms with Crippen LogP contribution in [0.15, 0.2) is 0 Å². The Bertz CT molecular complexity index is 553. The predicted molar refractivity (Wildman–Crippen MR) is 114 cm³/mol. The van der Waals surface area contributed by atoms with Crippen LogP contribution in [0.2, 0.25) is 0 Å². The number of thioether (sulfide) groups is 1. The third kappa shape index (κ3) is 3.13. The van der Waals surface area contributed by atoms with E-state index in [9.17, 15) is 0 Å². The molecule has 1 N–H and O–H groups in total. The van der Waals surface area contributed by atoms with E-state index in [0.717, 1.165) is 32.8 Å². The van der Waals surface area contributed by atoms with Gasteiger partial charge in [0, 0.05) is 51.2 Å². The Labute approximate surface area is 179 Å². The molecule has 0 radical (unpaired) electrons. The number of nitrogens with one attached hydrogen (secondary N) is 1. The van der Waals surface area contributed by atoms with Crippen molar-refractivity contribution in [3.05, 3.63) is 0 Å². The first kappa shape index (κ1) is 19.7. The highest BCUT2D eigenvalue weighted by Gasteiger charge is 2.67. The lowest BCUT2D eigenvalue weighted by atomic mass is 9.92. The number of nitrogens with zero attached hydrogens (tertiary/aromatic N) is 4. The van der Waals surface area contributed by atoms with Gasteiger partial charge >= 0.3 is 0 Å².